The van der Waals surface area contributed by atoms with Gasteiger partial charge in [0.15, 0.2) is 0 Å². The molecule has 0 spiro atoms. The van der Waals surface area contributed by atoms with E-state index >= 15 is 0 Å². The highest BCUT2D eigenvalue weighted by Gasteiger charge is 2.18. The molecular formula is C19H19F3N6O2. The van der Waals surface area contributed by atoms with Gasteiger partial charge in [0.2, 0.25) is 5.82 Å². The predicted molar refractivity (Wildman–Crippen MR) is 101 cm³/mol. The number of benzene rings is 1. The minimum absolute atomic E-state index is 0.0141. The molecule has 1 N–H and O–H groups in total. The summed E-state index contributed by atoms with van der Waals surface area (Å²) in [5, 5.41) is 13.2. The highest BCUT2D eigenvalue weighted by Crippen LogP contribution is 2.24. The summed E-state index contributed by atoms with van der Waals surface area (Å²) < 4.78 is 43.9. The molecule has 2 aromatic heterocycles. The van der Waals surface area contributed by atoms with E-state index in [9.17, 15) is 18.0 Å². The molecule has 0 aliphatic heterocycles. The number of ether oxygens (including phenoxy) is 1. The fourth-order valence-electron chi connectivity index (χ4n) is 2.54. The van der Waals surface area contributed by atoms with Gasteiger partial charge in [-0.05, 0) is 42.0 Å². The Labute approximate surface area is 170 Å². The van der Waals surface area contributed by atoms with Crippen molar-refractivity contribution in [3.63, 3.8) is 0 Å². The minimum atomic E-state index is -2.96. The van der Waals surface area contributed by atoms with Gasteiger partial charge in [-0.3, -0.25) is 0 Å². The van der Waals surface area contributed by atoms with E-state index in [1.807, 2.05) is 6.92 Å². The van der Waals surface area contributed by atoms with Gasteiger partial charge in [0.05, 0.1) is 12.3 Å². The number of tetrazole rings is 1. The average Bonchev–Trinajstić information content (AvgIpc) is 3.23. The highest BCUT2D eigenvalue weighted by molar-refractivity contribution is 5.69. The van der Waals surface area contributed by atoms with E-state index in [1.54, 1.807) is 12.1 Å². The number of pyridine rings is 1. The lowest BCUT2D eigenvalue weighted by atomic mass is 10.1. The molecule has 0 unspecified atom stereocenters. The summed E-state index contributed by atoms with van der Waals surface area (Å²) in [7, 11) is 0. The topological polar surface area (TPSA) is 94.8 Å². The van der Waals surface area contributed by atoms with Crippen molar-refractivity contribution in [2.45, 2.75) is 32.9 Å². The zero-order valence-corrected chi connectivity index (χ0v) is 16.1. The maximum absolute atomic E-state index is 13.2. The lowest BCUT2D eigenvalue weighted by molar-refractivity contribution is 0.0397. The van der Waals surface area contributed by atoms with Crippen molar-refractivity contribution in [1.82, 2.24) is 30.5 Å². The third kappa shape index (κ3) is 5.31. The molecule has 11 heteroatoms. The van der Waals surface area contributed by atoms with E-state index in [1.165, 1.54) is 24.3 Å². The van der Waals surface area contributed by atoms with E-state index in [2.05, 4.69) is 25.7 Å². The fourth-order valence-corrected chi connectivity index (χ4v) is 2.54. The number of rotatable bonds is 8. The van der Waals surface area contributed by atoms with E-state index in [-0.39, 0.29) is 22.9 Å². The van der Waals surface area contributed by atoms with Crippen molar-refractivity contribution in [2.24, 2.45) is 0 Å². The van der Waals surface area contributed by atoms with E-state index in [4.69, 9.17) is 4.74 Å². The Hall–Kier alpha value is -3.50. The first-order valence-corrected chi connectivity index (χ1v) is 9.22. The highest BCUT2D eigenvalue weighted by atomic mass is 19.3. The molecule has 0 fully saturated rings. The van der Waals surface area contributed by atoms with Crippen molar-refractivity contribution < 1.29 is 22.7 Å². The number of carbonyl (C=O) groups is 1. The number of aromatic nitrogens is 5. The van der Waals surface area contributed by atoms with Gasteiger partial charge in [-0.25, -0.2) is 14.2 Å². The number of carbonyl (C=O) groups excluding carboxylic acids is 1. The van der Waals surface area contributed by atoms with Crippen molar-refractivity contribution >= 4 is 6.09 Å². The van der Waals surface area contributed by atoms with Gasteiger partial charge in [-0.15, -0.1) is 10.2 Å². The Morgan fingerprint density at radius 1 is 1.20 bits per heavy atom. The summed E-state index contributed by atoms with van der Waals surface area (Å²) in [6.07, 6.45) is 1.02. The standard InChI is InChI=1S/C19H19F3N6O2/c1-2-3-10-30-19(29)23-11-13-6-9-15(12-4-7-14(20)8-5-12)24-16(13)17-25-27-28(26-17)18(21)22/h4-9,18H,2-3,10-11H2,1H3,(H,23,29). The van der Waals surface area contributed by atoms with Crippen LogP contribution in [0.2, 0.25) is 0 Å². The van der Waals surface area contributed by atoms with Crippen LogP contribution in [0.1, 0.15) is 31.9 Å². The van der Waals surface area contributed by atoms with Crippen molar-refractivity contribution in [1.29, 1.82) is 0 Å². The Morgan fingerprint density at radius 2 is 1.97 bits per heavy atom. The second-order valence-corrected chi connectivity index (χ2v) is 6.27. The molecule has 1 aromatic carbocycles. The molecular weight excluding hydrogens is 401 g/mol. The Bertz CT molecular complexity index is 994. The first kappa shape index (κ1) is 21.2. The van der Waals surface area contributed by atoms with Gasteiger partial charge in [0.25, 0.3) is 0 Å². The summed E-state index contributed by atoms with van der Waals surface area (Å²) in [6, 6.07) is 8.94. The maximum Gasteiger partial charge on any atom is 0.407 e. The van der Waals surface area contributed by atoms with Gasteiger partial charge in [-0.1, -0.05) is 24.2 Å². The van der Waals surface area contributed by atoms with Gasteiger partial charge < -0.3 is 10.1 Å². The molecule has 0 aliphatic carbocycles. The molecule has 0 atom stereocenters. The van der Waals surface area contributed by atoms with Crippen molar-refractivity contribution in [3.8, 4) is 22.8 Å². The number of alkyl halides is 2. The van der Waals surface area contributed by atoms with Gasteiger partial charge >= 0.3 is 12.6 Å². The number of amides is 1. The molecule has 3 aromatic rings. The third-order valence-corrected chi connectivity index (χ3v) is 4.09. The first-order chi connectivity index (χ1) is 14.5. The molecule has 3 rings (SSSR count). The van der Waals surface area contributed by atoms with E-state index < -0.39 is 18.5 Å². The molecule has 2 heterocycles. The lowest BCUT2D eigenvalue weighted by Crippen LogP contribution is -2.24. The van der Waals surface area contributed by atoms with Gasteiger partial charge in [0, 0.05) is 17.7 Å². The van der Waals surface area contributed by atoms with Crippen LogP contribution in [0.25, 0.3) is 22.8 Å². The second-order valence-electron chi connectivity index (χ2n) is 6.27. The largest absolute Gasteiger partial charge is 0.450 e. The number of nitrogens with zero attached hydrogens (tertiary/aromatic N) is 5. The predicted octanol–water partition coefficient (Wildman–Crippen LogP) is 3.96. The quantitative estimate of drug-likeness (QED) is 0.555. The third-order valence-electron chi connectivity index (χ3n) is 4.09. The van der Waals surface area contributed by atoms with Crippen LogP contribution in [0.4, 0.5) is 18.0 Å². The summed E-state index contributed by atoms with van der Waals surface area (Å²) in [6.45, 7) is -0.676. The van der Waals surface area contributed by atoms with Crippen LogP contribution in [0, 0.1) is 5.82 Å². The summed E-state index contributed by atoms with van der Waals surface area (Å²) >= 11 is 0. The van der Waals surface area contributed by atoms with Crippen LogP contribution in [-0.4, -0.2) is 37.9 Å². The number of halogens is 3. The summed E-state index contributed by atoms with van der Waals surface area (Å²) in [5.74, 6) is -0.529. The second kappa shape index (κ2) is 9.81. The van der Waals surface area contributed by atoms with E-state index in [0.717, 1.165) is 12.8 Å². The molecule has 0 aliphatic rings. The van der Waals surface area contributed by atoms with Crippen molar-refractivity contribution in [3.05, 3.63) is 47.8 Å². The van der Waals surface area contributed by atoms with Gasteiger partial charge in [-0.2, -0.15) is 8.78 Å². The molecule has 0 radical (unpaired) electrons. The zero-order chi connectivity index (χ0) is 21.5. The molecule has 158 valence electrons. The van der Waals surface area contributed by atoms with Gasteiger partial charge in [0.1, 0.15) is 11.5 Å². The molecule has 0 bridgehead atoms. The zero-order valence-electron chi connectivity index (χ0n) is 16.1. The van der Waals surface area contributed by atoms with E-state index in [0.29, 0.717) is 23.4 Å². The molecule has 0 saturated heterocycles. The van der Waals surface area contributed by atoms with Crippen LogP contribution >= 0.6 is 0 Å². The summed E-state index contributed by atoms with van der Waals surface area (Å²) in [4.78, 5) is 16.4. The average molecular weight is 420 g/mol. The Kier molecular flexibility index (Phi) is 6.94. The molecule has 30 heavy (non-hydrogen) atoms. The number of hydrogen-bond donors (Lipinski definition) is 1. The Morgan fingerprint density at radius 3 is 2.63 bits per heavy atom. The monoisotopic (exact) mass is 420 g/mol. The minimum Gasteiger partial charge on any atom is -0.450 e. The van der Waals surface area contributed by atoms with Crippen LogP contribution in [0.3, 0.4) is 0 Å². The summed E-state index contributed by atoms with van der Waals surface area (Å²) in [5.41, 5.74) is 1.70. The number of hydrogen-bond acceptors (Lipinski definition) is 6. The van der Waals surface area contributed by atoms with Crippen molar-refractivity contribution in [2.75, 3.05) is 6.61 Å². The lowest BCUT2D eigenvalue weighted by Gasteiger charge is -2.10. The fraction of sp³-hybridized carbons (Fsp3) is 0.316. The molecule has 0 saturated carbocycles. The van der Waals surface area contributed by atoms with Crippen LogP contribution in [0.5, 0.6) is 0 Å². The first-order valence-electron chi connectivity index (χ1n) is 9.22. The SMILES string of the molecule is CCCCOC(=O)NCc1ccc(-c2ccc(F)cc2)nc1-c1nnn(C(F)F)n1. The maximum atomic E-state index is 13.2. The Balaban J connectivity index is 1.88. The van der Waals surface area contributed by atoms with Crippen LogP contribution in [0.15, 0.2) is 36.4 Å². The smallest absolute Gasteiger partial charge is 0.407 e. The number of alkyl carbamates (subject to hydrolysis) is 1. The van der Waals surface area contributed by atoms with Crippen LogP contribution in [-0.2, 0) is 11.3 Å². The molecule has 1 amide bonds. The normalized spacial score (nSPS) is 11.0. The number of nitrogens with one attached hydrogen (secondary N) is 1. The van der Waals surface area contributed by atoms with Crippen LogP contribution < -0.4 is 5.32 Å². The number of unbranched alkanes of at least 4 members (excludes halogenated alkanes) is 1. The molecule has 8 nitrogen and oxygen atoms in total.